The van der Waals surface area contributed by atoms with E-state index in [0.29, 0.717) is 11.5 Å². The molecule has 1 amide bonds. The van der Waals surface area contributed by atoms with Gasteiger partial charge in [0.15, 0.2) is 11.5 Å². The minimum absolute atomic E-state index is 0.0756. The van der Waals surface area contributed by atoms with Crippen molar-refractivity contribution in [3.8, 4) is 11.5 Å². The molecule has 5 nitrogen and oxygen atoms in total. The van der Waals surface area contributed by atoms with E-state index in [0.717, 1.165) is 5.56 Å². The summed E-state index contributed by atoms with van der Waals surface area (Å²) in [7, 11) is 3.12. The van der Waals surface area contributed by atoms with Gasteiger partial charge in [0.05, 0.1) is 26.2 Å². The van der Waals surface area contributed by atoms with Gasteiger partial charge < -0.3 is 19.9 Å². The molecule has 0 bridgehead atoms. The summed E-state index contributed by atoms with van der Waals surface area (Å²) in [6, 6.07) is 5.40. The quantitative estimate of drug-likeness (QED) is 0.809. The van der Waals surface area contributed by atoms with E-state index in [2.05, 4.69) is 5.32 Å². The van der Waals surface area contributed by atoms with E-state index in [1.807, 2.05) is 19.9 Å². The molecular formula is C14H21NO4. The van der Waals surface area contributed by atoms with Crippen molar-refractivity contribution in [1.29, 1.82) is 0 Å². The molecule has 1 aromatic carbocycles. The lowest BCUT2D eigenvalue weighted by Gasteiger charge is -2.25. The first-order chi connectivity index (χ1) is 8.97. The van der Waals surface area contributed by atoms with E-state index in [1.165, 1.54) is 0 Å². The molecule has 0 fully saturated rings. The molecule has 19 heavy (non-hydrogen) atoms. The molecule has 0 aliphatic rings. The zero-order valence-corrected chi connectivity index (χ0v) is 11.8. The molecule has 0 aliphatic carbocycles. The number of rotatable bonds is 6. The van der Waals surface area contributed by atoms with Gasteiger partial charge in [-0.3, -0.25) is 4.79 Å². The maximum atomic E-state index is 12.1. The Morgan fingerprint density at radius 2 is 1.89 bits per heavy atom. The number of aliphatic hydroxyl groups is 1. The molecule has 0 saturated heterocycles. The fraction of sp³-hybridized carbons (Fsp3) is 0.500. The standard InChI is InChI=1S/C14H21NO4/c1-14(2,13(17)15-7-8-16)10-5-6-11(18-3)12(9-10)19-4/h5-6,9,16H,7-8H2,1-4H3,(H,15,17). The summed E-state index contributed by atoms with van der Waals surface area (Å²) in [6.07, 6.45) is 0. The van der Waals surface area contributed by atoms with Gasteiger partial charge in [-0.2, -0.15) is 0 Å². The van der Waals surface area contributed by atoms with Crippen LogP contribution in [0.1, 0.15) is 19.4 Å². The Balaban J connectivity index is 3.03. The van der Waals surface area contributed by atoms with Crippen LogP contribution >= 0.6 is 0 Å². The molecule has 0 atom stereocenters. The first kappa shape index (κ1) is 15.3. The number of carbonyl (C=O) groups excluding carboxylic acids is 1. The predicted octanol–water partition coefficient (Wildman–Crippen LogP) is 1.09. The summed E-state index contributed by atoms with van der Waals surface area (Å²) in [6.45, 7) is 3.81. The largest absolute Gasteiger partial charge is 0.493 e. The number of carbonyl (C=O) groups is 1. The summed E-state index contributed by atoms with van der Waals surface area (Å²) in [5, 5.41) is 11.4. The zero-order chi connectivity index (χ0) is 14.5. The van der Waals surface area contributed by atoms with E-state index >= 15 is 0 Å². The second-order valence-electron chi connectivity index (χ2n) is 4.67. The smallest absolute Gasteiger partial charge is 0.230 e. The van der Waals surface area contributed by atoms with Crippen molar-refractivity contribution in [2.75, 3.05) is 27.4 Å². The number of amides is 1. The average molecular weight is 267 g/mol. The van der Waals surface area contributed by atoms with Crippen LogP contribution < -0.4 is 14.8 Å². The minimum Gasteiger partial charge on any atom is -0.493 e. The number of methoxy groups -OCH3 is 2. The molecule has 0 heterocycles. The molecule has 106 valence electrons. The number of ether oxygens (including phenoxy) is 2. The maximum absolute atomic E-state index is 12.1. The zero-order valence-electron chi connectivity index (χ0n) is 11.8. The maximum Gasteiger partial charge on any atom is 0.230 e. The Bertz CT molecular complexity index is 443. The molecular weight excluding hydrogens is 246 g/mol. The van der Waals surface area contributed by atoms with Gasteiger partial charge in [-0.05, 0) is 31.5 Å². The molecule has 1 rings (SSSR count). The van der Waals surface area contributed by atoms with Gasteiger partial charge in [0.25, 0.3) is 0 Å². The summed E-state index contributed by atoms with van der Waals surface area (Å²) in [5.74, 6) is 1.06. The molecule has 0 aromatic heterocycles. The molecule has 0 aliphatic heterocycles. The first-order valence-electron chi connectivity index (χ1n) is 6.09. The normalized spacial score (nSPS) is 11.0. The average Bonchev–Trinajstić information content (AvgIpc) is 2.43. The highest BCUT2D eigenvalue weighted by Crippen LogP contribution is 2.33. The van der Waals surface area contributed by atoms with E-state index in [9.17, 15) is 4.79 Å². The Morgan fingerprint density at radius 3 is 2.42 bits per heavy atom. The van der Waals surface area contributed by atoms with Gasteiger partial charge in [0.2, 0.25) is 5.91 Å². The summed E-state index contributed by atoms with van der Waals surface area (Å²) < 4.78 is 10.4. The van der Waals surface area contributed by atoms with Crippen LogP contribution in [0, 0.1) is 0 Å². The SMILES string of the molecule is COc1ccc(C(C)(C)C(=O)NCCO)cc1OC. The third kappa shape index (κ3) is 3.38. The van der Waals surface area contributed by atoms with Crippen LogP contribution in [0.2, 0.25) is 0 Å². The van der Waals surface area contributed by atoms with E-state index in [1.54, 1.807) is 26.4 Å². The third-order valence-corrected chi connectivity index (χ3v) is 3.07. The fourth-order valence-electron chi connectivity index (χ4n) is 1.75. The van der Waals surface area contributed by atoms with Crippen molar-refractivity contribution in [3.05, 3.63) is 23.8 Å². The van der Waals surface area contributed by atoms with Crippen LogP contribution in [-0.4, -0.2) is 38.4 Å². The van der Waals surface area contributed by atoms with Crippen LogP contribution in [0.15, 0.2) is 18.2 Å². The molecule has 0 radical (unpaired) electrons. The number of benzene rings is 1. The van der Waals surface area contributed by atoms with Crippen molar-refractivity contribution >= 4 is 5.91 Å². The fourth-order valence-corrected chi connectivity index (χ4v) is 1.75. The van der Waals surface area contributed by atoms with Crippen molar-refractivity contribution < 1.29 is 19.4 Å². The second-order valence-corrected chi connectivity index (χ2v) is 4.67. The van der Waals surface area contributed by atoms with Crippen molar-refractivity contribution in [3.63, 3.8) is 0 Å². The van der Waals surface area contributed by atoms with Gasteiger partial charge in [0, 0.05) is 6.54 Å². The van der Waals surface area contributed by atoms with E-state index in [-0.39, 0.29) is 19.1 Å². The Kier molecular flexibility index (Phi) is 5.18. The molecule has 5 heteroatoms. The van der Waals surface area contributed by atoms with Crippen LogP contribution in [-0.2, 0) is 10.2 Å². The number of hydrogen-bond acceptors (Lipinski definition) is 4. The number of nitrogens with one attached hydrogen (secondary N) is 1. The van der Waals surface area contributed by atoms with Crippen molar-refractivity contribution in [2.24, 2.45) is 0 Å². The van der Waals surface area contributed by atoms with Crippen molar-refractivity contribution in [1.82, 2.24) is 5.32 Å². The van der Waals surface area contributed by atoms with Gasteiger partial charge in [-0.1, -0.05) is 6.07 Å². The highest BCUT2D eigenvalue weighted by Gasteiger charge is 2.30. The summed E-state index contributed by atoms with van der Waals surface area (Å²) in [4.78, 5) is 12.1. The summed E-state index contributed by atoms with van der Waals surface area (Å²) >= 11 is 0. The van der Waals surface area contributed by atoms with Crippen molar-refractivity contribution in [2.45, 2.75) is 19.3 Å². The van der Waals surface area contributed by atoms with Crippen LogP contribution in [0.3, 0.4) is 0 Å². The topological polar surface area (TPSA) is 67.8 Å². The van der Waals surface area contributed by atoms with Crippen LogP contribution in [0.5, 0.6) is 11.5 Å². The monoisotopic (exact) mass is 267 g/mol. The van der Waals surface area contributed by atoms with Crippen LogP contribution in [0.4, 0.5) is 0 Å². The molecule has 2 N–H and O–H groups in total. The lowest BCUT2D eigenvalue weighted by Crippen LogP contribution is -2.41. The first-order valence-corrected chi connectivity index (χ1v) is 6.09. The molecule has 0 saturated carbocycles. The Morgan fingerprint density at radius 1 is 1.26 bits per heavy atom. The van der Waals surface area contributed by atoms with Gasteiger partial charge in [0.1, 0.15) is 0 Å². The minimum atomic E-state index is -0.714. The Hall–Kier alpha value is -1.75. The highest BCUT2D eigenvalue weighted by molar-refractivity contribution is 5.87. The predicted molar refractivity (Wildman–Crippen MR) is 72.7 cm³/mol. The van der Waals surface area contributed by atoms with E-state index < -0.39 is 5.41 Å². The second kappa shape index (κ2) is 6.43. The van der Waals surface area contributed by atoms with Crippen LogP contribution in [0.25, 0.3) is 0 Å². The lowest BCUT2D eigenvalue weighted by atomic mass is 9.83. The van der Waals surface area contributed by atoms with Gasteiger partial charge in [-0.25, -0.2) is 0 Å². The van der Waals surface area contributed by atoms with E-state index in [4.69, 9.17) is 14.6 Å². The van der Waals surface area contributed by atoms with Gasteiger partial charge >= 0.3 is 0 Å². The third-order valence-electron chi connectivity index (χ3n) is 3.07. The number of aliphatic hydroxyl groups excluding tert-OH is 1. The lowest BCUT2D eigenvalue weighted by molar-refractivity contribution is -0.125. The Labute approximate surface area is 113 Å². The summed E-state index contributed by atoms with van der Waals surface area (Å²) in [5.41, 5.74) is 0.106. The number of hydrogen-bond donors (Lipinski definition) is 2. The highest BCUT2D eigenvalue weighted by atomic mass is 16.5. The molecule has 0 unspecified atom stereocenters. The molecule has 1 aromatic rings. The molecule has 0 spiro atoms. The van der Waals surface area contributed by atoms with Gasteiger partial charge in [-0.15, -0.1) is 0 Å².